The van der Waals surface area contributed by atoms with Crippen molar-refractivity contribution in [1.29, 1.82) is 0 Å². The molecule has 4 nitrogen and oxygen atoms in total. The second kappa shape index (κ2) is 21.4. The van der Waals surface area contributed by atoms with E-state index < -0.39 is 5.60 Å². The van der Waals surface area contributed by atoms with Crippen LogP contribution in [0.2, 0.25) is 0 Å². The molecule has 0 aliphatic rings. The third-order valence-corrected chi connectivity index (χ3v) is 8.43. The quantitative estimate of drug-likeness (QED) is 0.0657. The number of aliphatic hydroxyl groups is 1. The molecular weight excluding hydrogens is 556 g/mol. The average molecular weight is 613 g/mol. The number of allylic oxidation sites excluding steroid dienone is 4. The zero-order chi connectivity index (χ0) is 32.0. The third-order valence-electron chi connectivity index (χ3n) is 8.43. The highest BCUT2D eigenvalue weighted by Crippen LogP contribution is 2.41. The van der Waals surface area contributed by atoms with Crippen molar-refractivity contribution in [2.75, 3.05) is 20.8 Å². The van der Waals surface area contributed by atoms with Crippen molar-refractivity contribution in [2.45, 2.75) is 102 Å². The molecule has 0 spiro atoms. The maximum absolute atomic E-state index is 10.9. The van der Waals surface area contributed by atoms with E-state index in [1.54, 1.807) is 14.2 Å². The van der Waals surface area contributed by atoms with E-state index in [1.807, 2.05) is 42.5 Å². The first-order chi connectivity index (χ1) is 22.1. The SMILES string of the molecule is CCCCC/C=C\C/C=C\CCCCCCCC(O)CCOC(c1ccccc1)(c1ccc(OC)cc1)c1ccc(OC)cc1. The van der Waals surface area contributed by atoms with Crippen molar-refractivity contribution in [1.82, 2.24) is 0 Å². The van der Waals surface area contributed by atoms with Crippen LogP contribution in [-0.4, -0.2) is 32.0 Å². The van der Waals surface area contributed by atoms with Crippen molar-refractivity contribution in [3.63, 3.8) is 0 Å². The van der Waals surface area contributed by atoms with Crippen LogP contribution in [0.5, 0.6) is 11.5 Å². The van der Waals surface area contributed by atoms with E-state index in [4.69, 9.17) is 14.2 Å². The first kappa shape index (κ1) is 36.1. The summed E-state index contributed by atoms with van der Waals surface area (Å²) in [6.45, 7) is 2.67. The molecule has 0 radical (unpaired) electrons. The minimum Gasteiger partial charge on any atom is -0.497 e. The summed E-state index contributed by atoms with van der Waals surface area (Å²) in [5, 5.41) is 10.9. The molecule has 3 aromatic carbocycles. The van der Waals surface area contributed by atoms with Crippen LogP contribution < -0.4 is 9.47 Å². The van der Waals surface area contributed by atoms with Gasteiger partial charge in [-0.05, 0) is 85.9 Å². The van der Waals surface area contributed by atoms with Gasteiger partial charge >= 0.3 is 0 Å². The lowest BCUT2D eigenvalue weighted by Gasteiger charge is -2.36. The third kappa shape index (κ3) is 12.2. The zero-order valence-electron chi connectivity index (χ0n) is 28.0. The van der Waals surface area contributed by atoms with Gasteiger partial charge in [0.05, 0.1) is 26.9 Å². The van der Waals surface area contributed by atoms with Gasteiger partial charge in [-0.1, -0.05) is 124 Å². The number of rotatable bonds is 23. The molecule has 244 valence electrons. The Labute approximate surface area is 273 Å². The van der Waals surface area contributed by atoms with Gasteiger partial charge in [0, 0.05) is 0 Å². The van der Waals surface area contributed by atoms with Crippen molar-refractivity contribution < 1.29 is 19.3 Å². The normalized spacial score (nSPS) is 12.6. The van der Waals surface area contributed by atoms with Crippen LogP contribution in [0.4, 0.5) is 0 Å². The number of hydrogen-bond acceptors (Lipinski definition) is 4. The molecule has 0 amide bonds. The topological polar surface area (TPSA) is 47.9 Å². The standard InChI is InChI=1S/C41H56O4/c1-4-5-6-7-8-9-10-11-12-13-14-15-16-17-21-24-38(42)33-34-45-41(35-22-19-18-20-23-35,36-25-29-39(43-2)30-26-36)37-27-31-40(44-3)32-28-37/h8-9,11-12,18-20,22-23,25-32,38,42H,4-7,10,13-17,21,24,33-34H2,1-3H3/b9-8-,12-11-. The fourth-order valence-corrected chi connectivity index (χ4v) is 5.76. The van der Waals surface area contributed by atoms with Crippen LogP contribution in [0.15, 0.2) is 103 Å². The summed E-state index contributed by atoms with van der Waals surface area (Å²) < 4.78 is 17.8. The van der Waals surface area contributed by atoms with Crippen LogP contribution in [0.25, 0.3) is 0 Å². The van der Waals surface area contributed by atoms with Gasteiger partial charge in [-0.3, -0.25) is 0 Å². The number of ether oxygens (including phenoxy) is 3. The van der Waals surface area contributed by atoms with E-state index in [0.717, 1.165) is 60.3 Å². The molecule has 3 rings (SSSR count). The second-order valence-corrected chi connectivity index (χ2v) is 11.8. The lowest BCUT2D eigenvalue weighted by atomic mass is 9.80. The summed E-state index contributed by atoms with van der Waals surface area (Å²) in [6, 6.07) is 26.5. The van der Waals surface area contributed by atoms with Gasteiger partial charge in [0.15, 0.2) is 0 Å². The maximum atomic E-state index is 10.9. The van der Waals surface area contributed by atoms with Crippen molar-refractivity contribution in [2.24, 2.45) is 0 Å². The maximum Gasteiger partial charge on any atom is 0.143 e. The Morgan fingerprint density at radius 3 is 1.67 bits per heavy atom. The summed E-state index contributed by atoms with van der Waals surface area (Å²) in [5.74, 6) is 1.59. The Hall–Kier alpha value is -3.34. The molecule has 0 saturated carbocycles. The minimum absolute atomic E-state index is 0.386. The Balaban J connectivity index is 1.49. The smallest absolute Gasteiger partial charge is 0.143 e. The molecule has 0 aliphatic heterocycles. The highest BCUT2D eigenvalue weighted by molar-refractivity contribution is 5.49. The lowest BCUT2D eigenvalue weighted by Crippen LogP contribution is -2.34. The van der Waals surface area contributed by atoms with Gasteiger partial charge in [0.2, 0.25) is 0 Å². The Morgan fingerprint density at radius 2 is 1.11 bits per heavy atom. The highest BCUT2D eigenvalue weighted by atomic mass is 16.5. The van der Waals surface area contributed by atoms with Crippen molar-refractivity contribution in [3.05, 3.63) is 120 Å². The van der Waals surface area contributed by atoms with E-state index in [-0.39, 0.29) is 6.10 Å². The molecule has 0 aliphatic carbocycles. The summed E-state index contributed by atoms with van der Waals surface area (Å²) in [4.78, 5) is 0. The fourth-order valence-electron chi connectivity index (χ4n) is 5.76. The van der Waals surface area contributed by atoms with Gasteiger partial charge in [0.1, 0.15) is 17.1 Å². The van der Waals surface area contributed by atoms with Crippen LogP contribution in [0.1, 0.15) is 107 Å². The molecule has 0 bridgehead atoms. The largest absolute Gasteiger partial charge is 0.497 e. The van der Waals surface area contributed by atoms with E-state index in [0.29, 0.717) is 13.0 Å². The van der Waals surface area contributed by atoms with Gasteiger partial charge in [-0.15, -0.1) is 0 Å². The summed E-state index contributed by atoms with van der Waals surface area (Å²) >= 11 is 0. The number of benzene rings is 3. The first-order valence-electron chi connectivity index (χ1n) is 17.1. The molecule has 45 heavy (non-hydrogen) atoms. The van der Waals surface area contributed by atoms with Crippen LogP contribution in [0, 0.1) is 0 Å². The van der Waals surface area contributed by atoms with Crippen LogP contribution in [-0.2, 0) is 10.3 Å². The van der Waals surface area contributed by atoms with Gasteiger partial charge in [-0.2, -0.15) is 0 Å². The molecule has 4 heteroatoms. The van der Waals surface area contributed by atoms with E-state index in [1.165, 1.54) is 44.9 Å². The fraction of sp³-hybridized carbons (Fsp3) is 0.463. The molecule has 0 heterocycles. The molecule has 3 aromatic rings. The molecule has 0 saturated heterocycles. The highest BCUT2D eigenvalue weighted by Gasteiger charge is 2.37. The summed E-state index contributed by atoms with van der Waals surface area (Å²) in [5.41, 5.74) is 2.19. The Morgan fingerprint density at radius 1 is 0.600 bits per heavy atom. The number of methoxy groups -OCH3 is 2. The van der Waals surface area contributed by atoms with E-state index in [9.17, 15) is 5.11 Å². The summed E-state index contributed by atoms with van der Waals surface area (Å²) in [6.07, 6.45) is 23.5. The second-order valence-electron chi connectivity index (χ2n) is 11.8. The number of unbranched alkanes of at least 4 members (excludes halogenated alkanes) is 8. The van der Waals surface area contributed by atoms with Crippen LogP contribution in [0.3, 0.4) is 0 Å². The Kier molecular flexibility index (Phi) is 17.2. The molecule has 1 unspecified atom stereocenters. The van der Waals surface area contributed by atoms with Crippen molar-refractivity contribution >= 4 is 0 Å². The lowest BCUT2D eigenvalue weighted by molar-refractivity contribution is -0.00664. The molecular formula is C41H56O4. The number of hydrogen-bond donors (Lipinski definition) is 1. The predicted octanol–water partition coefficient (Wildman–Crippen LogP) is 10.6. The average Bonchev–Trinajstić information content (AvgIpc) is 3.09. The molecule has 1 atom stereocenters. The minimum atomic E-state index is -0.848. The van der Waals surface area contributed by atoms with Gasteiger partial charge in [-0.25, -0.2) is 0 Å². The molecule has 0 fully saturated rings. The number of aliphatic hydroxyl groups excluding tert-OH is 1. The van der Waals surface area contributed by atoms with Gasteiger partial charge < -0.3 is 19.3 Å². The molecule has 0 aromatic heterocycles. The van der Waals surface area contributed by atoms with E-state index >= 15 is 0 Å². The first-order valence-corrected chi connectivity index (χ1v) is 17.1. The Bertz CT molecular complexity index is 1170. The molecule has 1 N–H and O–H groups in total. The zero-order valence-corrected chi connectivity index (χ0v) is 28.0. The predicted molar refractivity (Wildman–Crippen MR) is 188 cm³/mol. The summed E-state index contributed by atoms with van der Waals surface area (Å²) in [7, 11) is 3.35. The van der Waals surface area contributed by atoms with Crippen molar-refractivity contribution in [3.8, 4) is 11.5 Å². The monoisotopic (exact) mass is 612 g/mol. The van der Waals surface area contributed by atoms with E-state index in [2.05, 4.69) is 67.6 Å². The van der Waals surface area contributed by atoms with Crippen LogP contribution >= 0.6 is 0 Å². The van der Waals surface area contributed by atoms with Gasteiger partial charge in [0.25, 0.3) is 0 Å².